The van der Waals surface area contributed by atoms with Crippen molar-refractivity contribution in [1.82, 2.24) is 9.97 Å². The number of nitrogens with zero attached hydrogens (tertiary/aromatic N) is 2. The second-order valence-electron chi connectivity index (χ2n) is 3.23. The van der Waals surface area contributed by atoms with Crippen LogP contribution in [0.1, 0.15) is 0 Å². The van der Waals surface area contributed by atoms with Crippen LogP contribution >= 0.6 is 11.6 Å². The molecule has 0 aliphatic carbocycles. The van der Waals surface area contributed by atoms with E-state index >= 15 is 0 Å². The van der Waals surface area contributed by atoms with Crippen molar-refractivity contribution in [2.75, 3.05) is 18.1 Å². The average Bonchev–Trinajstić information content (AvgIpc) is 2.31. The average molecular weight is 251 g/mol. The standard InChI is InChI=1S/C11H11ClN4O/c1-14-9-6-10(16-11(13)15-9)17-8-5-3-2-4-7(8)12/h2-6H,1H3,(H3,13,14,15,16). The lowest BCUT2D eigenvalue weighted by molar-refractivity contribution is 0.463. The Hall–Kier alpha value is -2.01. The minimum Gasteiger partial charge on any atom is -0.437 e. The number of aromatic nitrogens is 2. The molecule has 3 N–H and O–H groups in total. The Labute approximate surface area is 104 Å². The van der Waals surface area contributed by atoms with Crippen molar-refractivity contribution in [2.24, 2.45) is 0 Å². The molecule has 1 aromatic heterocycles. The van der Waals surface area contributed by atoms with Gasteiger partial charge in [0, 0.05) is 13.1 Å². The fourth-order valence-corrected chi connectivity index (χ4v) is 1.44. The molecule has 0 unspecified atom stereocenters. The quantitative estimate of drug-likeness (QED) is 0.876. The third-order valence-electron chi connectivity index (χ3n) is 2.03. The summed E-state index contributed by atoms with van der Waals surface area (Å²) in [5.41, 5.74) is 5.55. The van der Waals surface area contributed by atoms with Gasteiger partial charge in [0.25, 0.3) is 0 Å². The van der Waals surface area contributed by atoms with E-state index in [2.05, 4.69) is 15.3 Å². The number of nitrogen functional groups attached to an aromatic ring is 1. The second kappa shape index (κ2) is 4.88. The van der Waals surface area contributed by atoms with Crippen LogP contribution in [0, 0.1) is 0 Å². The number of hydrogen-bond acceptors (Lipinski definition) is 5. The van der Waals surface area contributed by atoms with Gasteiger partial charge in [-0.1, -0.05) is 23.7 Å². The van der Waals surface area contributed by atoms with Gasteiger partial charge >= 0.3 is 0 Å². The molecular weight excluding hydrogens is 240 g/mol. The Bertz CT molecular complexity index is 533. The Kier molecular flexibility index (Phi) is 3.30. The molecule has 0 aliphatic rings. The molecule has 0 spiro atoms. The van der Waals surface area contributed by atoms with Crippen molar-refractivity contribution in [3.05, 3.63) is 35.4 Å². The molecule has 1 heterocycles. The minimum absolute atomic E-state index is 0.138. The maximum atomic E-state index is 5.97. The first-order chi connectivity index (χ1) is 8.19. The Balaban J connectivity index is 2.30. The molecule has 0 saturated heterocycles. The van der Waals surface area contributed by atoms with E-state index in [-0.39, 0.29) is 5.95 Å². The number of nitrogens with one attached hydrogen (secondary N) is 1. The third kappa shape index (κ3) is 2.76. The molecule has 0 amide bonds. The van der Waals surface area contributed by atoms with Crippen molar-refractivity contribution in [2.45, 2.75) is 0 Å². The lowest BCUT2D eigenvalue weighted by Gasteiger charge is -2.08. The zero-order valence-corrected chi connectivity index (χ0v) is 9.90. The van der Waals surface area contributed by atoms with Crippen LogP contribution in [-0.4, -0.2) is 17.0 Å². The molecule has 1 aromatic carbocycles. The van der Waals surface area contributed by atoms with E-state index < -0.39 is 0 Å². The van der Waals surface area contributed by atoms with Gasteiger partial charge in [0.05, 0.1) is 5.02 Å². The van der Waals surface area contributed by atoms with Crippen LogP contribution in [-0.2, 0) is 0 Å². The third-order valence-corrected chi connectivity index (χ3v) is 2.34. The molecule has 0 atom stereocenters. The van der Waals surface area contributed by atoms with Gasteiger partial charge in [-0.2, -0.15) is 9.97 Å². The summed E-state index contributed by atoms with van der Waals surface area (Å²) in [5.74, 6) is 1.59. The SMILES string of the molecule is CNc1cc(Oc2ccccc2Cl)nc(N)n1. The fourth-order valence-electron chi connectivity index (χ4n) is 1.26. The zero-order chi connectivity index (χ0) is 12.3. The Morgan fingerprint density at radius 3 is 2.76 bits per heavy atom. The summed E-state index contributed by atoms with van der Waals surface area (Å²) in [6, 6.07) is 8.77. The molecule has 0 saturated carbocycles. The monoisotopic (exact) mass is 250 g/mol. The van der Waals surface area contributed by atoms with Gasteiger partial charge in [-0.25, -0.2) is 0 Å². The van der Waals surface area contributed by atoms with Crippen molar-refractivity contribution in [3.8, 4) is 11.6 Å². The van der Waals surface area contributed by atoms with Crippen LogP contribution in [0.25, 0.3) is 0 Å². The molecule has 5 nitrogen and oxygen atoms in total. The maximum absolute atomic E-state index is 5.97. The molecule has 2 aromatic rings. The molecule has 17 heavy (non-hydrogen) atoms. The van der Waals surface area contributed by atoms with E-state index in [0.717, 1.165) is 0 Å². The molecule has 88 valence electrons. The molecule has 6 heteroatoms. The highest BCUT2D eigenvalue weighted by Gasteiger charge is 2.06. The van der Waals surface area contributed by atoms with E-state index in [1.807, 2.05) is 12.1 Å². The van der Waals surface area contributed by atoms with Gasteiger partial charge in [0.15, 0.2) is 0 Å². The van der Waals surface area contributed by atoms with Gasteiger partial charge in [-0.3, -0.25) is 0 Å². The maximum Gasteiger partial charge on any atom is 0.226 e. The van der Waals surface area contributed by atoms with Crippen LogP contribution in [0.4, 0.5) is 11.8 Å². The number of para-hydroxylation sites is 1. The number of rotatable bonds is 3. The Morgan fingerprint density at radius 2 is 2.06 bits per heavy atom. The summed E-state index contributed by atoms with van der Waals surface area (Å²) >= 11 is 5.97. The van der Waals surface area contributed by atoms with Crippen LogP contribution < -0.4 is 15.8 Å². The lowest BCUT2D eigenvalue weighted by atomic mass is 10.3. The Morgan fingerprint density at radius 1 is 1.29 bits per heavy atom. The number of halogens is 1. The summed E-state index contributed by atoms with van der Waals surface area (Å²) in [6.45, 7) is 0. The van der Waals surface area contributed by atoms with Gasteiger partial charge in [0.2, 0.25) is 11.8 Å². The normalized spacial score (nSPS) is 10.0. The highest BCUT2D eigenvalue weighted by atomic mass is 35.5. The number of hydrogen-bond donors (Lipinski definition) is 2. The number of nitrogens with two attached hydrogens (primary N) is 1. The van der Waals surface area contributed by atoms with Gasteiger partial charge in [-0.15, -0.1) is 0 Å². The zero-order valence-electron chi connectivity index (χ0n) is 9.14. The smallest absolute Gasteiger partial charge is 0.226 e. The first kappa shape index (κ1) is 11.5. The van der Waals surface area contributed by atoms with Crippen molar-refractivity contribution >= 4 is 23.4 Å². The summed E-state index contributed by atoms with van der Waals surface area (Å²) in [7, 11) is 1.74. The first-order valence-electron chi connectivity index (χ1n) is 4.94. The molecular formula is C11H11ClN4O. The predicted molar refractivity (Wildman–Crippen MR) is 67.5 cm³/mol. The van der Waals surface area contributed by atoms with E-state index in [0.29, 0.717) is 22.5 Å². The van der Waals surface area contributed by atoms with E-state index in [1.54, 1.807) is 25.2 Å². The fraction of sp³-hybridized carbons (Fsp3) is 0.0909. The molecule has 0 radical (unpaired) electrons. The van der Waals surface area contributed by atoms with Gasteiger partial charge < -0.3 is 15.8 Å². The van der Waals surface area contributed by atoms with E-state index in [1.165, 1.54) is 0 Å². The van der Waals surface area contributed by atoms with Crippen LogP contribution in [0.2, 0.25) is 5.02 Å². The van der Waals surface area contributed by atoms with E-state index in [4.69, 9.17) is 22.1 Å². The number of ether oxygens (including phenoxy) is 1. The van der Waals surface area contributed by atoms with Crippen molar-refractivity contribution in [1.29, 1.82) is 0 Å². The topological polar surface area (TPSA) is 73.1 Å². The molecule has 0 bridgehead atoms. The van der Waals surface area contributed by atoms with Crippen molar-refractivity contribution in [3.63, 3.8) is 0 Å². The van der Waals surface area contributed by atoms with Gasteiger partial charge in [-0.05, 0) is 12.1 Å². The summed E-state index contributed by atoms with van der Waals surface area (Å²) in [5, 5.41) is 3.37. The van der Waals surface area contributed by atoms with Crippen LogP contribution in [0.3, 0.4) is 0 Å². The van der Waals surface area contributed by atoms with Crippen molar-refractivity contribution < 1.29 is 4.74 Å². The summed E-state index contributed by atoms with van der Waals surface area (Å²) in [4.78, 5) is 7.92. The predicted octanol–water partition coefficient (Wildman–Crippen LogP) is 2.55. The number of benzene rings is 1. The highest BCUT2D eigenvalue weighted by Crippen LogP contribution is 2.28. The van der Waals surface area contributed by atoms with Crippen LogP contribution in [0.15, 0.2) is 30.3 Å². The molecule has 0 aliphatic heterocycles. The largest absolute Gasteiger partial charge is 0.437 e. The summed E-state index contributed by atoms with van der Waals surface area (Å²) < 4.78 is 5.53. The minimum atomic E-state index is 0.138. The lowest BCUT2D eigenvalue weighted by Crippen LogP contribution is -2.01. The molecule has 0 fully saturated rings. The highest BCUT2D eigenvalue weighted by molar-refractivity contribution is 6.32. The molecule has 2 rings (SSSR count). The van der Waals surface area contributed by atoms with Crippen LogP contribution in [0.5, 0.6) is 11.6 Å². The number of anilines is 2. The first-order valence-corrected chi connectivity index (χ1v) is 5.31. The van der Waals surface area contributed by atoms with E-state index in [9.17, 15) is 0 Å². The summed E-state index contributed by atoms with van der Waals surface area (Å²) in [6.07, 6.45) is 0. The second-order valence-corrected chi connectivity index (χ2v) is 3.64. The van der Waals surface area contributed by atoms with Gasteiger partial charge in [0.1, 0.15) is 11.6 Å².